The summed E-state index contributed by atoms with van der Waals surface area (Å²) in [5.74, 6) is 1.75. The van der Waals surface area contributed by atoms with Gasteiger partial charge in [0, 0.05) is 17.3 Å². The molecule has 4 heteroatoms. The molecule has 0 atom stereocenters. The van der Waals surface area contributed by atoms with Crippen molar-refractivity contribution in [3.63, 3.8) is 0 Å². The van der Waals surface area contributed by atoms with Crippen LogP contribution in [0.15, 0.2) is 18.2 Å². The summed E-state index contributed by atoms with van der Waals surface area (Å²) in [4.78, 5) is 9.68. The molecule has 0 aliphatic heterocycles. The van der Waals surface area contributed by atoms with Crippen LogP contribution in [-0.2, 0) is 0 Å². The number of nitrogens with zero attached hydrogens (tertiary/aromatic N) is 3. The highest BCUT2D eigenvalue weighted by molar-refractivity contribution is 5.80. The van der Waals surface area contributed by atoms with E-state index < -0.39 is 0 Å². The van der Waals surface area contributed by atoms with Gasteiger partial charge in [-0.2, -0.15) is 0 Å². The summed E-state index contributed by atoms with van der Waals surface area (Å²) in [5, 5.41) is 0. The molecule has 0 amide bonds. The molecule has 4 nitrogen and oxygen atoms in total. The summed E-state index contributed by atoms with van der Waals surface area (Å²) in [6, 6.07) is 6.42. The lowest BCUT2D eigenvalue weighted by Crippen LogP contribution is -2.05. The molecule has 2 aromatic heterocycles. The molecule has 0 aliphatic carbocycles. The molecule has 0 aliphatic rings. The predicted molar refractivity (Wildman–Crippen MR) is 107 cm³/mol. The Kier molecular flexibility index (Phi) is 5.30. The van der Waals surface area contributed by atoms with Gasteiger partial charge in [-0.1, -0.05) is 37.5 Å². The lowest BCUT2D eigenvalue weighted by molar-refractivity contribution is 0.290. The van der Waals surface area contributed by atoms with Gasteiger partial charge in [-0.05, 0) is 52.2 Å². The Morgan fingerprint density at radius 2 is 1.62 bits per heavy atom. The minimum Gasteiger partial charge on any atom is -0.478 e. The lowest BCUT2D eigenvalue weighted by Gasteiger charge is -2.12. The molecule has 0 unspecified atom stereocenters. The van der Waals surface area contributed by atoms with Gasteiger partial charge in [0.25, 0.3) is 0 Å². The molecule has 0 bridgehead atoms. The molecule has 0 fully saturated rings. The SMILES string of the molecule is CCCCCOc1cc(C)nc2c(-c3c(C)cc(C)cc3C)nc(C)n12. The molecule has 2 heterocycles. The third kappa shape index (κ3) is 3.46. The Morgan fingerprint density at radius 3 is 2.27 bits per heavy atom. The number of fused-ring (bicyclic) bond motifs is 1. The number of imidazole rings is 1. The van der Waals surface area contributed by atoms with Gasteiger partial charge in [0.15, 0.2) is 5.65 Å². The largest absolute Gasteiger partial charge is 0.478 e. The molecular formula is C22H29N3O. The highest BCUT2D eigenvalue weighted by Gasteiger charge is 2.19. The van der Waals surface area contributed by atoms with Gasteiger partial charge in [-0.25, -0.2) is 9.97 Å². The second-order valence-corrected chi connectivity index (χ2v) is 7.23. The fraction of sp³-hybridized carbons (Fsp3) is 0.455. The Balaban J connectivity index is 2.14. The van der Waals surface area contributed by atoms with E-state index in [1.807, 2.05) is 24.3 Å². The van der Waals surface area contributed by atoms with Crippen molar-refractivity contribution in [2.75, 3.05) is 6.61 Å². The van der Waals surface area contributed by atoms with Crippen LogP contribution in [0.2, 0.25) is 0 Å². The van der Waals surface area contributed by atoms with E-state index in [1.165, 1.54) is 35.1 Å². The monoisotopic (exact) mass is 351 g/mol. The number of aryl methyl sites for hydroxylation is 5. The van der Waals surface area contributed by atoms with Gasteiger partial charge in [0.2, 0.25) is 5.88 Å². The van der Waals surface area contributed by atoms with Crippen molar-refractivity contribution in [3.05, 3.63) is 46.4 Å². The second kappa shape index (κ2) is 7.48. The topological polar surface area (TPSA) is 39.4 Å². The van der Waals surface area contributed by atoms with Gasteiger partial charge in [0.05, 0.1) is 6.61 Å². The fourth-order valence-corrected chi connectivity index (χ4v) is 3.69. The fourth-order valence-electron chi connectivity index (χ4n) is 3.69. The summed E-state index contributed by atoms with van der Waals surface area (Å²) in [6.07, 6.45) is 3.44. The minimum absolute atomic E-state index is 0.724. The molecule has 0 saturated carbocycles. The summed E-state index contributed by atoms with van der Waals surface area (Å²) < 4.78 is 8.14. The van der Waals surface area contributed by atoms with Gasteiger partial charge in [-0.3, -0.25) is 4.40 Å². The molecule has 3 aromatic rings. The number of aromatic nitrogens is 3. The molecule has 138 valence electrons. The molecule has 0 spiro atoms. The van der Waals surface area contributed by atoms with E-state index >= 15 is 0 Å². The number of rotatable bonds is 6. The van der Waals surface area contributed by atoms with Crippen LogP contribution in [-0.4, -0.2) is 21.0 Å². The molecule has 1 aromatic carbocycles. The highest BCUT2D eigenvalue weighted by Crippen LogP contribution is 2.32. The normalized spacial score (nSPS) is 11.3. The first-order valence-electron chi connectivity index (χ1n) is 9.50. The first-order chi connectivity index (χ1) is 12.4. The third-order valence-electron chi connectivity index (χ3n) is 4.77. The van der Waals surface area contributed by atoms with E-state index in [-0.39, 0.29) is 0 Å². The maximum absolute atomic E-state index is 6.09. The van der Waals surface area contributed by atoms with Crippen LogP contribution in [0.5, 0.6) is 5.88 Å². The average Bonchev–Trinajstić information content (AvgIpc) is 2.87. The van der Waals surface area contributed by atoms with Crippen LogP contribution >= 0.6 is 0 Å². The predicted octanol–water partition coefficient (Wildman–Crippen LogP) is 5.51. The molecule has 3 rings (SSSR count). The van der Waals surface area contributed by atoms with Crippen LogP contribution in [0.1, 0.15) is 54.4 Å². The van der Waals surface area contributed by atoms with E-state index in [4.69, 9.17) is 14.7 Å². The zero-order valence-corrected chi connectivity index (χ0v) is 16.8. The Hall–Kier alpha value is -2.36. The van der Waals surface area contributed by atoms with Crippen LogP contribution in [0.4, 0.5) is 0 Å². The van der Waals surface area contributed by atoms with Crippen molar-refractivity contribution < 1.29 is 4.74 Å². The van der Waals surface area contributed by atoms with Crippen molar-refractivity contribution in [2.45, 2.75) is 60.8 Å². The van der Waals surface area contributed by atoms with Gasteiger partial charge in [0.1, 0.15) is 11.5 Å². The van der Waals surface area contributed by atoms with Gasteiger partial charge in [-0.15, -0.1) is 0 Å². The maximum Gasteiger partial charge on any atom is 0.202 e. The van der Waals surface area contributed by atoms with Crippen molar-refractivity contribution in [1.82, 2.24) is 14.4 Å². The molecule has 26 heavy (non-hydrogen) atoms. The van der Waals surface area contributed by atoms with Crippen molar-refractivity contribution in [2.24, 2.45) is 0 Å². The molecule has 0 saturated heterocycles. The molecule has 0 N–H and O–H groups in total. The van der Waals surface area contributed by atoms with Crippen LogP contribution in [0.3, 0.4) is 0 Å². The van der Waals surface area contributed by atoms with E-state index in [0.29, 0.717) is 0 Å². The van der Waals surface area contributed by atoms with Crippen molar-refractivity contribution in [1.29, 1.82) is 0 Å². The standard InChI is InChI=1S/C22H29N3O/c1-7-8-9-10-26-19-13-17(5)23-22-21(24-18(6)25(19)22)20-15(3)11-14(2)12-16(20)4/h11-13H,7-10H2,1-6H3. The highest BCUT2D eigenvalue weighted by atomic mass is 16.5. The van der Waals surface area contributed by atoms with Crippen LogP contribution in [0.25, 0.3) is 16.9 Å². The van der Waals surface area contributed by atoms with E-state index in [2.05, 4.69) is 39.8 Å². The molecule has 0 radical (unpaired) electrons. The summed E-state index contributed by atoms with van der Waals surface area (Å²) in [7, 11) is 0. The number of unbranched alkanes of at least 4 members (excludes halogenated alkanes) is 2. The second-order valence-electron chi connectivity index (χ2n) is 7.23. The number of hydrogen-bond acceptors (Lipinski definition) is 3. The number of ether oxygens (including phenoxy) is 1. The van der Waals surface area contributed by atoms with Crippen LogP contribution in [0, 0.1) is 34.6 Å². The maximum atomic E-state index is 6.09. The average molecular weight is 351 g/mol. The Bertz CT molecular complexity index is 917. The summed E-state index contributed by atoms with van der Waals surface area (Å²) in [5.41, 5.74) is 7.69. The summed E-state index contributed by atoms with van der Waals surface area (Å²) >= 11 is 0. The quantitative estimate of drug-likeness (QED) is 0.550. The Morgan fingerprint density at radius 1 is 0.923 bits per heavy atom. The van der Waals surface area contributed by atoms with E-state index in [0.717, 1.165) is 41.8 Å². The first kappa shape index (κ1) is 18.4. The van der Waals surface area contributed by atoms with Crippen molar-refractivity contribution in [3.8, 4) is 17.1 Å². The minimum atomic E-state index is 0.724. The molecular weight excluding hydrogens is 322 g/mol. The van der Waals surface area contributed by atoms with Gasteiger partial charge >= 0.3 is 0 Å². The lowest BCUT2D eigenvalue weighted by atomic mass is 9.97. The van der Waals surface area contributed by atoms with E-state index in [1.54, 1.807) is 0 Å². The smallest absolute Gasteiger partial charge is 0.202 e. The third-order valence-corrected chi connectivity index (χ3v) is 4.77. The van der Waals surface area contributed by atoms with Crippen molar-refractivity contribution >= 4 is 5.65 Å². The Labute approximate surface area is 156 Å². The van der Waals surface area contributed by atoms with Crippen LogP contribution < -0.4 is 4.74 Å². The zero-order chi connectivity index (χ0) is 18.8. The van der Waals surface area contributed by atoms with E-state index in [9.17, 15) is 0 Å². The zero-order valence-electron chi connectivity index (χ0n) is 16.8. The number of hydrogen-bond donors (Lipinski definition) is 0. The number of benzene rings is 1. The first-order valence-corrected chi connectivity index (χ1v) is 9.50. The summed E-state index contributed by atoms with van der Waals surface area (Å²) in [6.45, 7) is 13.4. The van der Waals surface area contributed by atoms with Gasteiger partial charge < -0.3 is 4.74 Å².